The maximum Gasteiger partial charge on any atom is 0.256 e. The van der Waals surface area contributed by atoms with Gasteiger partial charge in [0.25, 0.3) is 5.89 Å². The average molecular weight is 296 g/mol. The molecule has 1 N–H and O–H groups in total. The molecule has 0 aliphatic rings. The van der Waals surface area contributed by atoms with E-state index in [9.17, 15) is 0 Å². The first-order chi connectivity index (χ1) is 9.54. The second-order valence-corrected chi connectivity index (χ2v) is 5.22. The van der Waals surface area contributed by atoms with Gasteiger partial charge in [-0.3, -0.25) is 0 Å². The molecule has 108 valence electrons. The Bertz CT molecular complexity index is 557. The zero-order chi connectivity index (χ0) is 14.5. The van der Waals surface area contributed by atoms with Crippen LogP contribution in [0.2, 0.25) is 5.02 Å². The van der Waals surface area contributed by atoms with Gasteiger partial charge in [0.05, 0.1) is 6.54 Å². The Hall–Kier alpha value is -1.59. The molecule has 0 radical (unpaired) electrons. The summed E-state index contributed by atoms with van der Waals surface area (Å²) in [6.45, 7) is 6.52. The van der Waals surface area contributed by atoms with E-state index in [1.54, 1.807) is 12.1 Å². The van der Waals surface area contributed by atoms with Crippen LogP contribution in [-0.2, 0) is 6.54 Å². The molecule has 6 heteroatoms. The van der Waals surface area contributed by atoms with Crippen molar-refractivity contribution in [1.29, 1.82) is 0 Å². The third kappa shape index (κ3) is 4.21. The first-order valence-corrected chi connectivity index (χ1v) is 6.90. The highest BCUT2D eigenvalue weighted by atomic mass is 35.5. The molecule has 0 saturated heterocycles. The molecular weight excluding hydrogens is 278 g/mol. The summed E-state index contributed by atoms with van der Waals surface area (Å²) >= 11 is 5.91. The first kappa shape index (κ1) is 14.8. The zero-order valence-corrected chi connectivity index (χ0v) is 12.5. The van der Waals surface area contributed by atoms with Gasteiger partial charge in [0, 0.05) is 11.1 Å². The summed E-state index contributed by atoms with van der Waals surface area (Å²) < 4.78 is 11.3. The molecule has 0 fully saturated rings. The van der Waals surface area contributed by atoms with Gasteiger partial charge in [-0.15, -0.1) is 10.2 Å². The summed E-state index contributed by atoms with van der Waals surface area (Å²) in [5.41, 5.74) is 0. The molecule has 5 nitrogen and oxygen atoms in total. The van der Waals surface area contributed by atoms with Gasteiger partial charge in [-0.25, -0.2) is 0 Å². The summed E-state index contributed by atoms with van der Waals surface area (Å²) in [4.78, 5) is 0. The van der Waals surface area contributed by atoms with Crippen molar-refractivity contribution in [1.82, 2.24) is 15.5 Å². The maximum atomic E-state index is 5.91. The van der Waals surface area contributed by atoms with Gasteiger partial charge in [0.15, 0.2) is 6.10 Å². The van der Waals surface area contributed by atoms with Crippen LogP contribution in [0.1, 0.15) is 38.7 Å². The Kier molecular flexibility index (Phi) is 4.98. The summed E-state index contributed by atoms with van der Waals surface area (Å²) in [5.74, 6) is 1.67. The van der Waals surface area contributed by atoms with Crippen molar-refractivity contribution in [2.24, 2.45) is 0 Å². The molecule has 1 aromatic heterocycles. The molecule has 1 heterocycles. The van der Waals surface area contributed by atoms with Crippen LogP contribution < -0.4 is 10.1 Å². The molecule has 2 rings (SSSR count). The number of halogens is 1. The van der Waals surface area contributed by atoms with Crippen LogP contribution in [0.5, 0.6) is 5.75 Å². The summed E-state index contributed by atoms with van der Waals surface area (Å²) in [7, 11) is 0. The number of nitrogens with one attached hydrogen (secondary N) is 1. The molecular formula is C14H18ClN3O2. The molecule has 0 amide bonds. The third-order valence-corrected chi connectivity index (χ3v) is 2.84. The lowest BCUT2D eigenvalue weighted by molar-refractivity contribution is 0.185. The average Bonchev–Trinajstić information content (AvgIpc) is 2.85. The molecule has 1 unspecified atom stereocenters. The van der Waals surface area contributed by atoms with Gasteiger partial charge < -0.3 is 14.5 Å². The van der Waals surface area contributed by atoms with Crippen LogP contribution in [0.15, 0.2) is 28.7 Å². The Balaban J connectivity index is 1.97. The molecule has 0 aliphatic carbocycles. The summed E-state index contributed by atoms with van der Waals surface area (Å²) in [5, 5.41) is 11.8. The van der Waals surface area contributed by atoms with E-state index in [4.69, 9.17) is 20.8 Å². The third-order valence-electron chi connectivity index (χ3n) is 2.60. The van der Waals surface area contributed by atoms with Gasteiger partial charge in [0.2, 0.25) is 5.89 Å². The van der Waals surface area contributed by atoms with Crippen LogP contribution in [0.3, 0.4) is 0 Å². The van der Waals surface area contributed by atoms with Crippen molar-refractivity contribution in [2.45, 2.75) is 39.5 Å². The quantitative estimate of drug-likeness (QED) is 0.885. The van der Waals surface area contributed by atoms with Gasteiger partial charge in [0.1, 0.15) is 5.75 Å². The lowest BCUT2D eigenvalue weighted by Gasteiger charge is -2.11. The van der Waals surface area contributed by atoms with Gasteiger partial charge >= 0.3 is 0 Å². The molecule has 0 aliphatic heterocycles. The fourth-order valence-electron chi connectivity index (χ4n) is 1.59. The highest BCUT2D eigenvalue weighted by molar-refractivity contribution is 6.30. The Morgan fingerprint density at radius 2 is 2.10 bits per heavy atom. The topological polar surface area (TPSA) is 60.2 Å². The molecule has 1 aromatic carbocycles. The molecule has 0 bridgehead atoms. The first-order valence-electron chi connectivity index (χ1n) is 6.52. The highest BCUT2D eigenvalue weighted by Gasteiger charge is 2.15. The largest absolute Gasteiger partial charge is 0.481 e. The van der Waals surface area contributed by atoms with Crippen LogP contribution in [0, 0.1) is 0 Å². The van der Waals surface area contributed by atoms with Crippen molar-refractivity contribution in [3.05, 3.63) is 41.1 Å². The molecule has 0 saturated carbocycles. The lowest BCUT2D eigenvalue weighted by atomic mass is 10.3. The fraction of sp³-hybridized carbons (Fsp3) is 0.429. The SMILES string of the molecule is CC(C)NCc1nnc(C(C)Oc2cccc(Cl)c2)o1. The van der Waals surface area contributed by atoms with E-state index >= 15 is 0 Å². The number of aromatic nitrogens is 2. The lowest BCUT2D eigenvalue weighted by Crippen LogP contribution is -2.21. The maximum absolute atomic E-state index is 5.91. The van der Waals surface area contributed by atoms with Crippen molar-refractivity contribution in [3.8, 4) is 5.75 Å². The van der Waals surface area contributed by atoms with E-state index in [-0.39, 0.29) is 6.10 Å². The predicted molar refractivity (Wildman–Crippen MR) is 76.8 cm³/mol. The number of ether oxygens (including phenoxy) is 1. The van der Waals surface area contributed by atoms with Gasteiger partial charge in [-0.05, 0) is 25.1 Å². The van der Waals surface area contributed by atoms with E-state index < -0.39 is 0 Å². The van der Waals surface area contributed by atoms with Gasteiger partial charge in [-0.2, -0.15) is 0 Å². The summed E-state index contributed by atoms with van der Waals surface area (Å²) in [6, 6.07) is 7.57. The molecule has 0 spiro atoms. The standard InChI is InChI=1S/C14H18ClN3O2/c1-9(2)16-8-13-17-18-14(20-13)10(3)19-12-6-4-5-11(15)7-12/h4-7,9-10,16H,8H2,1-3H3. The zero-order valence-electron chi connectivity index (χ0n) is 11.8. The van der Waals surface area contributed by atoms with E-state index in [0.717, 1.165) is 0 Å². The van der Waals surface area contributed by atoms with Crippen LogP contribution in [0.4, 0.5) is 0 Å². The monoisotopic (exact) mass is 295 g/mol. The Morgan fingerprint density at radius 1 is 1.30 bits per heavy atom. The number of nitrogens with zero attached hydrogens (tertiary/aromatic N) is 2. The van der Waals surface area contributed by atoms with Gasteiger partial charge in [-0.1, -0.05) is 31.5 Å². The van der Waals surface area contributed by atoms with Crippen molar-refractivity contribution >= 4 is 11.6 Å². The number of hydrogen-bond donors (Lipinski definition) is 1. The molecule has 1 atom stereocenters. The number of hydrogen-bond acceptors (Lipinski definition) is 5. The number of rotatable bonds is 6. The molecule has 20 heavy (non-hydrogen) atoms. The van der Waals surface area contributed by atoms with E-state index in [0.29, 0.717) is 35.1 Å². The van der Waals surface area contributed by atoms with Crippen LogP contribution >= 0.6 is 11.6 Å². The van der Waals surface area contributed by atoms with Crippen molar-refractivity contribution in [3.63, 3.8) is 0 Å². The normalized spacial score (nSPS) is 12.7. The van der Waals surface area contributed by atoms with Crippen LogP contribution in [0.25, 0.3) is 0 Å². The Labute approximate surface area is 123 Å². The minimum Gasteiger partial charge on any atom is -0.481 e. The van der Waals surface area contributed by atoms with E-state index in [2.05, 4.69) is 29.4 Å². The Morgan fingerprint density at radius 3 is 2.80 bits per heavy atom. The van der Waals surface area contributed by atoms with E-state index in [1.807, 2.05) is 19.1 Å². The second kappa shape index (κ2) is 6.72. The minimum absolute atomic E-state index is 0.325. The van der Waals surface area contributed by atoms with Crippen molar-refractivity contribution < 1.29 is 9.15 Å². The number of benzene rings is 1. The summed E-state index contributed by atoms with van der Waals surface area (Å²) in [6.07, 6.45) is -0.325. The highest BCUT2D eigenvalue weighted by Crippen LogP contribution is 2.23. The fourth-order valence-corrected chi connectivity index (χ4v) is 1.77. The molecule has 2 aromatic rings. The minimum atomic E-state index is -0.325. The predicted octanol–water partition coefficient (Wildman–Crippen LogP) is 3.36. The van der Waals surface area contributed by atoms with Crippen LogP contribution in [-0.4, -0.2) is 16.2 Å². The smallest absolute Gasteiger partial charge is 0.256 e. The second-order valence-electron chi connectivity index (χ2n) is 4.79. The van der Waals surface area contributed by atoms with Crippen molar-refractivity contribution in [2.75, 3.05) is 0 Å². The van der Waals surface area contributed by atoms with E-state index in [1.165, 1.54) is 0 Å².